The van der Waals surface area contributed by atoms with E-state index < -0.39 is 10.0 Å². The standard InChI is InChI=1S/C14H19N3O3S.ClH/c15-14-13-11(9-21(18,19)17-14)4-1-5-12(13)20-8-10-3-2-6-16-7-10;/h1,4-5,10,16H,2-3,6-9H2,(H2,15,17);1H/t10-;/m0./s1. The highest BCUT2D eigenvalue weighted by atomic mass is 35.5. The van der Waals surface area contributed by atoms with E-state index in [1.54, 1.807) is 12.1 Å². The highest BCUT2D eigenvalue weighted by Gasteiger charge is 2.25. The van der Waals surface area contributed by atoms with E-state index in [0.717, 1.165) is 25.9 Å². The smallest absolute Gasteiger partial charge is 0.259 e. The van der Waals surface area contributed by atoms with Gasteiger partial charge in [0.1, 0.15) is 11.6 Å². The predicted molar refractivity (Wildman–Crippen MR) is 88.1 cm³/mol. The van der Waals surface area contributed by atoms with Crippen molar-refractivity contribution < 1.29 is 13.2 Å². The second-order valence-corrected chi connectivity index (χ2v) is 7.15. The lowest BCUT2D eigenvalue weighted by molar-refractivity contribution is 0.218. The van der Waals surface area contributed by atoms with Crippen LogP contribution in [0.1, 0.15) is 24.0 Å². The van der Waals surface area contributed by atoms with Gasteiger partial charge in [-0.25, -0.2) is 8.42 Å². The van der Waals surface area contributed by atoms with E-state index in [1.807, 2.05) is 6.07 Å². The van der Waals surface area contributed by atoms with Crippen molar-refractivity contribution in [2.75, 3.05) is 19.7 Å². The summed E-state index contributed by atoms with van der Waals surface area (Å²) in [5.74, 6) is 0.994. The van der Waals surface area contributed by atoms with Crippen molar-refractivity contribution in [3.63, 3.8) is 0 Å². The summed E-state index contributed by atoms with van der Waals surface area (Å²) >= 11 is 0. The minimum atomic E-state index is -3.50. The molecule has 1 saturated heterocycles. The topological polar surface area (TPSA) is 93.8 Å². The van der Waals surface area contributed by atoms with E-state index in [0.29, 0.717) is 29.4 Å². The van der Waals surface area contributed by atoms with Crippen LogP contribution in [0.25, 0.3) is 0 Å². The number of hydrogen-bond acceptors (Lipinski definition) is 5. The molecular weight excluding hydrogens is 326 g/mol. The molecule has 0 unspecified atom stereocenters. The Kier molecular flexibility index (Phi) is 5.31. The highest BCUT2D eigenvalue weighted by Crippen LogP contribution is 2.28. The lowest BCUT2D eigenvalue weighted by atomic mass is 10.0. The number of nitrogens with zero attached hydrogens (tertiary/aromatic N) is 1. The van der Waals surface area contributed by atoms with Gasteiger partial charge in [-0.1, -0.05) is 12.1 Å². The van der Waals surface area contributed by atoms with Gasteiger partial charge in [0.15, 0.2) is 0 Å². The van der Waals surface area contributed by atoms with Crippen LogP contribution in [-0.2, 0) is 15.8 Å². The first-order chi connectivity index (χ1) is 10.1. The number of amidine groups is 1. The molecule has 2 aliphatic heterocycles. The van der Waals surface area contributed by atoms with E-state index in [1.165, 1.54) is 0 Å². The first kappa shape index (κ1) is 17.1. The second kappa shape index (κ2) is 6.85. The van der Waals surface area contributed by atoms with Crippen molar-refractivity contribution in [2.24, 2.45) is 16.0 Å². The molecule has 0 bridgehead atoms. The molecule has 1 aromatic carbocycles. The maximum atomic E-state index is 11.6. The van der Waals surface area contributed by atoms with Crippen LogP contribution >= 0.6 is 12.4 Å². The van der Waals surface area contributed by atoms with Crippen molar-refractivity contribution in [2.45, 2.75) is 18.6 Å². The largest absolute Gasteiger partial charge is 0.492 e. The van der Waals surface area contributed by atoms with Gasteiger partial charge in [-0.3, -0.25) is 0 Å². The third-order valence-electron chi connectivity index (χ3n) is 3.82. The maximum Gasteiger partial charge on any atom is 0.259 e. The Hall–Kier alpha value is -1.31. The zero-order valence-electron chi connectivity index (χ0n) is 12.1. The number of benzene rings is 1. The van der Waals surface area contributed by atoms with Crippen LogP contribution in [0.5, 0.6) is 5.75 Å². The van der Waals surface area contributed by atoms with E-state index in [-0.39, 0.29) is 24.0 Å². The van der Waals surface area contributed by atoms with E-state index >= 15 is 0 Å². The molecule has 0 amide bonds. The third kappa shape index (κ3) is 3.71. The van der Waals surface area contributed by atoms with Gasteiger partial charge < -0.3 is 15.8 Å². The molecule has 3 N–H and O–H groups in total. The summed E-state index contributed by atoms with van der Waals surface area (Å²) in [5, 5.41) is 3.35. The van der Waals surface area contributed by atoms with Gasteiger partial charge >= 0.3 is 0 Å². The Balaban J connectivity index is 0.00000176. The van der Waals surface area contributed by atoms with Crippen LogP contribution in [0.4, 0.5) is 0 Å². The van der Waals surface area contributed by atoms with Crippen LogP contribution in [0, 0.1) is 5.92 Å². The summed E-state index contributed by atoms with van der Waals surface area (Å²) < 4.78 is 32.7. The summed E-state index contributed by atoms with van der Waals surface area (Å²) in [7, 11) is -3.50. The highest BCUT2D eigenvalue weighted by molar-refractivity contribution is 7.89. The van der Waals surface area contributed by atoms with Crippen LogP contribution in [0.15, 0.2) is 22.6 Å². The summed E-state index contributed by atoms with van der Waals surface area (Å²) in [4.78, 5) is 0. The monoisotopic (exact) mass is 345 g/mol. The van der Waals surface area contributed by atoms with Crippen molar-refractivity contribution in [1.82, 2.24) is 5.32 Å². The van der Waals surface area contributed by atoms with Gasteiger partial charge in [-0.05, 0) is 31.0 Å². The Labute approximate surface area is 136 Å². The van der Waals surface area contributed by atoms with Gasteiger partial charge in [-0.15, -0.1) is 16.8 Å². The molecule has 0 radical (unpaired) electrons. The summed E-state index contributed by atoms with van der Waals surface area (Å²) in [5.41, 5.74) is 7.09. The minimum Gasteiger partial charge on any atom is -0.492 e. The SMILES string of the molecule is Cl.NC1=NS(=O)(=O)Cc2cccc(OC[C@H]3CCCNC3)c21. The molecule has 6 nitrogen and oxygen atoms in total. The number of halogens is 1. The number of piperidine rings is 1. The van der Waals surface area contributed by atoms with E-state index in [2.05, 4.69) is 9.71 Å². The molecule has 1 aromatic rings. The Morgan fingerprint density at radius 3 is 2.95 bits per heavy atom. The molecule has 22 heavy (non-hydrogen) atoms. The number of nitrogens with two attached hydrogens (primary N) is 1. The first-order valence-electron chi connectivity index (χ1n) is 7.09. The molecule has 8 heteroatoms. The molecule has 2 aliphatic rings. The van der Waals surface area contributed by atoms with Crippen LogP contribution in [0.3, 0.4) is 0 Å². The fraction of sp³-hybridized carbons (Fsp3) is 0.500. The van der Waals surface area contributed by atoms with Gasteiger partial charge in [0.05, 0.1) is 17.9 Å². The average Bonchev–Trinajstić information content (AvgIpc) is 2.44. The Bertz CT molecular complexity index is 670. The first-order valence-corrected chi connectivity index (χ1v) is 8.70. The van der Waals surface area contributed by atoms with Gasteiger partial charge in [0.2, 0.25) is 0 Å². The summed E-state index contributed by atoms with van der Waals surface area (Å²) in [6, 6.07) is 5.36. The molecule has 2 heterocycles. The molecule has 0 aromatic heterocycles. The molecule has 122 valence electrons. The number of hydrogen-bond donors (Lipinski definition) is 2. The number of rotatable bonds is 3. The minimum absolute atomic E-state index is 0. The fourth-order valence-electron chi connectivity index (χ4n) is 2.81. The Morgan fingerprint density at radius 2 is 2.23 bits per heavy atom. The van der Waals surface area contributed by atoms with E-state index in [9.17, 15) is 8.42 Å². The molecule has 3 rings (SSSR count). The number of nitrogens with one attached hydrogen (secondary N) is 1. The number of fused-ring (bicyclic) bond motifs is 1. The number of ether oxygens (including phenoxy) is 1. The zero-order valence-corrected chi connectivity index (χ0v) is 13.8. The molecular formula is C14H20ClN3O3S. The summed E-state index contributed by atoms with van der Waals surface area (Å²) in [6.07, 6.45) is 2.29. The van der Waals surface area contributed by atoms with Crippen molar-refractivity contribution in [3.05, 3.63) is 29.3 Å². The fourth-order valence-corrected chi connectivity index (χ4v) is 3.90. The van der Waals surface area contributed by atoms with Gasteiger partial charge in [-0.2, -0.15) is 0 Å². The van der Waals surface area contributed by atoms with Gasteiger partial charge in [0, 0.05) is 12.5 Å². The molecule has 0 aliphatic carbocycles. The van der Waals surface area contributed by atoms with Crippen LogP contribution in [-0.4, -0.2) is 33.9 Å². The predicted octanol–water partition coefficient (Wildman–Crippen LogP) is 1.04. The molecule has 1 atom stereocenters. The van der Waals surface area contributed by atoms with Crippen molar-refractivity contribution >= 4 is 28.3 Å². The molecule has 0 saturated carbocycles. The molecule has 0 spiro atoms. The van der Waals surface area contributed by atoms with Crippen LogP contribution < -0.4 is 15.8 Å². The summed E-state index contributed by atoms with van der Waals surface area (Å²) in [6.45, 7) is 2.62. The van der Waals surface area contributed by atoms with Gasteiger partial charge in [0.25, 0.3) is 10.0 Å². The zero-order chi connectivity index (χ0) is 14.9. The maximum absolute atomic E-state index is 11.6. The Morgan fingerprint density at radius 1 is 1.41 bits per heavy atom. The number of sulfonamides is 1. The quantitative estimate of drug-likeness (QED) is 0.853. The molecule has 1 fully saturated rings. The lowest BCUT2D eigenvalue weighted by Crippen LogP contribution is -2.33. The van der Waals surface area contributed by atoms with Crippen LogP contribution in [0.2, 0.25) is 0 Å². The van der Waals surface area contributed by atoms with Crippen molar-refractivity contribution in [3.8, 4) is 5.75 Å². The third-order valence-corrected chi connectivity index (χ3v) is 4.97. The lowest BCUT2D eigenvalue weighted by Gasteiger charge is -2.24. The van der Waals surface area contributed by atoms with E-state index in [4.69, 9.17) is 10.5 Å². The second-order valence-electron chi connectivity index (χ2n) is 5.52. The normalized spacial score (nSPS) is 22.9. The average molecular weight is 346 g/mol. The van der Waals surface area contributed by atoms with Crippen molar-refractivity contribution in [1.29, 1.82) is 0 Å².